The van der Waals surface area contributed by atoms with Crippen molar-refractivity contribution in [2.75, 3.05) is 12.4 Å². The van der Waals surface area contributed by atoms with Crippen LogP contribution < -0.4 is 10.0 Å². The third kappa shape index (κ3) is 3.99. The molecule has 1 fully saturated rings. The smallest absolute Gasteiger partial charge is 0.280 e. The first-order valence-corrected chi connectivity index (χ1v) is 11.3. The number of fused-ring (bicyclic) bond motifs is 1. The van der Waals surface area contributed by atoms with E-state index in [2.05, 4.69) is 15.0 Å². The van der Waals surface area contributed by atoms with E-state index in [-0.39, 0.29) is 17.1 Å². The van der Waals surface area contributed by atoms with Crippen LogP contribution in [0.4, 0.5) is 10.1 Å². The number of carbonyl (C=O) groups excluding carboxylic acids is 1. The molecule has 3 aromatic rings. The van der Waals surface area contributed by atoms with E-state index < -0.39 is 34.0 Å². The molecular formula is C18H16ClFN4O3S2. The number of thiazole rings is 1. The van der Waals surface area contributed by atoms with Crippen molar-refractivity contribution in [3.8, 4) is 0 Å². The van der Waals surface area contributed by atoms with Gasteiger partial charge in [-0.15, -0.1) is 11.3 Å². The van der Waals surface area contributed by atoms with Crippen LogP contribution in [0.3, 0.4) is 0 Å². The monoisotopic (exact) mass is 454 g/mol. The van der Waals surface area contributed by atoms with Crippen LogP contribution in [0.5, 0.6) is 0 Å². The number of nitrogens with zero attached hydrogens (tertiary/aromatic N) is 2. The minimum Gasteiger partial charge on any atom is -0.325 e. The number of aromatic nitrogens is 1. The van der Waals surface area contributed by atoms with Crippen LogP contribution >= 0.6 is 22.9 Å². The lowest BCUT2D eigenvalue weighted by Crippen LogP contribution is -2.55. The summed E-state index contributed by atoms with van der Waals surface area (Å²) >= 11 is 7.21. The Kier molecular flexibility index (Phi) is 5.30. The maximum absolute atomic E-state index is 13.3. The van der Waals surface area contributed by atoms with Crippen LogP contribution in [0.1, 0.15) is 18.0 Å². The molecule has 0 aliphatic carbocycles. The van der Waals surface area contributed by atoms with Crippen LogP contribution in [0, 0.1) is 5.82 Å². The summed E-state index contributed by atoms with van der Waals surface area (Å²) < 4.78 is 43.1. The summed E-state index contributed by atoms with van der Waals surface area (Å²) in [7, 11) is -2.54. The van der Waals surface area contributed by atoms with Gasteiger partial charge in [-0.2, -0.15) is 17.4 Å². The molecule has 1 aliphatic heterocycles. The molecule has 0 spiro atoms. The second-order valence-electron chi connectivity index (χ2n) is 6.64. The highest BCUT2D eigenvalue weighted by atomic mass is 35.5. The van der Waals surface area contributed by atoms with E-state index in [4.69, 9.17) is 11.6 Å². The fourth-order valence-electron chi connectivity index (χ4n) is 3.21. The molecule has 4 rings (SSSR count). The van der Waals surface area contributed by atoms with Gasteiger partial charge in [0.05, 0.1) is 20.7 Å². The molecule has 2 aromatic carbocycles. The highest BCUT2D eigenvalue weighted by molar-refractivity contribution is 7.87. The molecule has 2 atom stereocenters. The van der Waals surface area contributed by atoms with Crippen molar-refractivity contribution in [1.29, 1.82) is 0 Å². The Labute approximate surface area is 175 Å². The van der Waals surface area contributed by atoms with Crippen molar-refractivity contribution in [3.63, 3.8) is 0 Å². The third-order valence-electron chi connectivity index (χ3n) is 4.82. The number of nitrogens with one attached hydrogen (secondary N) is 2. The number of hydrogen-bond acceptors (Lipinski definition) is 5. The van der Waals surface area contributed by atoms with E-state index in [1.165, 1.54) is 30.5 Å². The molecule has 2 heterocycles. The summed E-state index contributed by atoms with van der Waals surface area (Å²) in [5, 5.41) is 2.48. The minimum absolute atomic E-state index is 0.134. The van der Waals surface area contributed by atoms with Gasteiger partial charge in [-0.3, -0.25) is 4.79 Å². The number of halogens is 2. The molecule has 152 valence electrons. The van der Waals surface area contributed by atoms with Gasteiger partial charge in [0.25, 0.3) is 10.2 Å². The molecule has 0 radical (unpaired) electrons. The van der Waals surface area contributed by atoms with E-state index in [9.17, 15) is 17.6 Å². The second kappa shape index (κ2) is 7.62. The predicted octanol–water partition coefficient (Wildman–Crippen LogP) is 3.31. The average molecular weight is 455 g/mol. The lowest BCUT2D eigenvalue weighted by molar-refractivity contribution is -0.120. The van der Waals surface area contributed by atoms with Gasteiger partial charge in [-0.05, 0) is 42.3 Å². The van der Waals surface area contributed by atoms with Gasteiger partial charge >= 0.3 is 0 Å². The Hall–Kier alpha value is -2.11. The van der Waals surface area contributed by atoms with Crippen LogP contribution in [0.15, 0.2) is 41.9 Å². The second-order valence-corrected chi connectivity index (χ2v) is 9.70. The van der Waals surface area contributed by atoms with Crippen LogP contribution in [-0.4, -0.2) is 36.7 Å². The summed E-state index contributed by atoms with van der Waals surface area (Å²) in [5.41, 5.74) is 3.59. The lowest BCUT2D eigenvalue weighted by atomic mass is 9.99. The maximum Gasteiger partial charge on any atom is 0.280 e. The normalized spacial score (nSPS) is 21.9. The first-order chi connectivity index (χ1) is 13.7. The predicted molar refractivity (Wildman–Crippen MR) is 111 cm³/mol. The molecular weight excluding hydrogens is 439 g/mol. The van der Waals surface area contributed by atoms with Crippen molar-refractivity contribution in [1.82, 2.24) is 14.0 Å². The molecule has 0 unspecified atom stereocenters. The van der Waals surface area contributed by atoms with E-state index >= 15 is 0 Å². The Morgan fingerprint density at radius 1 is 1.34 bits per heavy atom. The lowest BCUT2D eigenvalue weighted by Gasteiger charge is -2.36. The number of benzene rings is 2. The van der Waals surface area contributed by atoms with Gasteiger partial charge in [-0.25, -0.2) is 9.37 Å². The number of rotatable bonds is 3. The zero-order valence-electron chi connectivity index (χ0n) is 15.1. The number of amides is 1. The molecule has 1 aliphatic rings. The largest absolute Gasteiger partial charge is 0.325 e. The molecule has 2 N–H and O–H groups in total. The fourth-order valence-corrected chi connectivity index (χ4v) is 5.40. The van der Waals surface area contributed by atoms with Crippen LogP contribution in [0.25, 0.3) is 10.2 Å². The minimum atomic E-state index is -3.88. The SMILES string of the molecule is CN1[C@H](C(=O)Nc2ccc(F)c(Cl)c2)C[C@H](c2ccc3ncsc3c2)NS1(=O)=O. The van der Waals surface area contributed by atoms with E-state index in [0.717, 1.165) is 26.2 Å². The number of likely N-dealkylation sites (N-methyl/N-ethyl adjacent to an activating group) is 1. The molecule has 11 heteroatoms. The van der Waals surface area contributed by atoms with Crippen molar-refractivity contribution in [2.24, 2.45) is 0 Å². The molecule has 1 saturated heterocycles. The Bertz CT molecular complexity index is 1200. The summed E-state index contributed by atoms with van der Waals surface area (Å²) in [6, 6.07) is 7.75. The van der Waals surface area contributed by atoms with E-state index in [1.54, 1.807) is 11.6 Å². The van der Waals surface area contributed by atoms with E-state index in [0.29, 0.717) is 0 Å². The zero-order valence-corrected chi connectivity index (χ0v) is 17.5. The number of hydrogen-bond donors (Lipinski definition) is 2. The number of anilines is 1. The number of carbonyl (C=O) groups is 1. The zero-order chi connectivity index (χ0) is 20.8. The van der Waals surface area contributed by atoms with Crippen molar-refractivity contribution >= 4 is 55.0 Å². The van der Waals surface area contributed by atoms with Crippen molar-refractivity contribution in [2.45, 2.75) is 18.5 Å². The highest BCUT2D eigenvalue weighted by Crippen LogP contribution is 2.31. The van der Waals surface area contributed by atoms with Gasteiger partial charge in [0, 0.05) is 18.8 Å². The summed E-state index contributed by atoms with van der Waals surface area (Å²) in [5.74, 6) is -1.13. The Balaban J connectivity index is 1.61. The summed E-state index contributed by atoms with van der Waals surface area (Å²) in [6.45, 7) is 0. The van der Waals surface area contributed by atoms with Gasteiger partial charge in [0.1, 0.15) is 11.9 Å². The standard InChI is InChI=1S/C18H16ClFN4O3S2/c1-24-16(18(25)22-11-3-4-13(20)12(19)7-11)8-15(23-29(24,26)27)10-2-5-14-17(6-10)28-9-21-14/h2-7,9,15-16,23H,8H2,1H3,(H,22,25)/t15-,16+/m1/s1. The topological polar surface area (TPSA) is 91.4 Å². The maximum atomic E-state index is 13.3. The first-order valence-electron chi connectivity index (χ1n) is 8.59. The van der Waals surface area contributed by atoms with Crippen molar-refractivity contribution < 1.29 is 17.6 Å². The molecule has 0 saturated carbocycles. The van der Waals surface area contributed by atoms with Gasteiger partial charge in [-0.1, -0.05) is 17.7 Å². The quantitative estimate of drug-likeness (QED) is 0.635. The highest BCUT2D eigenvalue weighted by Gasteiger charge is 2.40. The third-order valence-corrected chi connectivity index (χ3v) is 7.49. The first kappa shape index (κ1) is 20.2. The average Bonchev–Trinajstić information content (AvgIpc) is 3.14. The Morgan fingerprint density at radius 3 is 2.90 bits per heavy atom. The Morgan fingerprint density at radius 2 is 2.14 bits per heavy atom. The molecule has 29 heavy (non-hydrogen) atoms. The summed E-state index contributed by atoms with van der Waals surface area (Å²) in [4.78, 5) is 17.0. The van der Waals surface area contributed by atoms with Crippen LogP contribution in [0.2, 0.25) is 5.02 Å². The van der Waals surface area contributed by atoms with Crippen molar-refractivity contribution in [3.05, 3.63) is 58.3 Å². The van der Waals surface area contributed by atoms with E-state index in [1.807, 2.05) is 12.1 Å². The molecule has 7 nitrogen and oxygen atoms in total. The summed E-state index contributed by atoms with van der Waals surface area (Å²) in [6.07, 6.45) is 0.223. The van der Waals surface area contributed by atoms with Gasteiger partial charge in [0.2, 0.25) is 5.91 Å². The van der Waals surface area contributed by atoms with Crippen LogP contribution in [-0.2, 0) is 15.0 Å². The van der Waals surface area contributed by atoms with Gasteiger partial charge < -0.3 is 5.32 Å². The molecule has 0 bridgehead atoms. The van der Waals surface area contributed by atoms with Gasteiger partial charge in [0.15, 0.2) is 0 Å². The fraction of sp³-hybridized carbons (Fsp3) is 0.222. The molecule has 1 amide bonds. The molecule has 1 aromatic heterocycles.